The van der Waals surface area contributed by atoms with Gasteiger partial charge in [-0.25, -0.2) is 4.98 Å². The van der Waals surface area contributed by atoms with E-state index in [4.69, 9.17) is 4.98 Å². The second-order valence-electron chi connectivity index (χ2n) is 14.4. The molecule has 0 saturated carbocycles. The lowest BCUT2D eigenvalue weighted by Gasteiger charge is -2.15. The van der Waals surface area contributed by atoms with Crippen LogP contribution in [0.25, 0.3) is 99.8 Å². The molecule has 0 radical (unpaired) electrons. The molecule has 0 fully saturated rings. The monoisotopic (exact) mass is 713 g/mol. The maximum atomic E-state index is 5.23. The van der Waals surface area contributed by atoms with Crippen molar-refractivity contribution in [3.63, 3.8) is 0 Å². The molecule has 0 amide bonds. The highest BCUT2D eigenvalue weighted by Gasteiger charge is 2.22. The molecule has 56 heavy (non-hydrogen) atoms. The summed E-state index contributed by atoms with van der Waals surface area (Å²) in [6.07, 6.45) is 0. The van der Waals surface area contributed by atoms with Gasteiger partial charge in [0.2, 0.25) is 0 Å². The first-order chi connectivity index (χ1) is 27.8. The molecule has 0 saturated heterocycles. The predicted octanol–water partition coefficient (Wildman–Crippen LogP) is 13.9. The fraction of sp³-hybridized carbons (Fsp3) is 0. The molecule has 3 nitrogen and oxygen atoms in total. The molecule has 0 N–H and O–H groups in total. The third-order valence-electron chi connectivity index (χ3n) is 11.1. The third-order valence-corrected chi connectivity index (χ3v) is 11.1. The molecule has 262 valence electrons. The van der Waals surface area contributed by atoms with Crippen LogP contribution in [0.15, 0.2) is 212 Å². The molecule has 11 aromatic rings. The Balaban J connectivity index is 1.25. The Hall–Kier alpha value is -7.49. The largest absolute Gasteiger partial charge is 0.309 e. The molecule has 11 rings (SSSR count). The van der Waals surface area contributed by atoms with Crippen molar-refractivity contribution in [2.45, 2.75) is 0 Å². The van der Waals surface area contributed by atoms with E-state index in [0.29, 0.717) is 0 Å². The van der Waals surface area contributed by atoms with Crippen molar-refractivity contribution >= 4 is 43.6 Å². The molecule has 3 heteroatoms. The van der Waals surface area contributed by atoms with Crippen LogP contribution < -0.4 is 0 Å². The highest BCUT2D eigenvalue weighted by atomic mass is 15.0. The summed E-state index contributed by atoms with van der Waals surface area (Å²) in [7, 11) is 0. The predicted molar refractivity (Wildman–Crippen MR) is 235 cm³/mol. The van der Waals surface area contributed by atoms with E-state index in [9.17, 15) is 0 Å². The number of nitrogens with zero attached hydrogens (tertiary/aromatic N) is 3. The van der Waals surface area contributed by atoms with Crippen LogP contribution in [0, 0.1) is 0 Å². The van der Waals surface area contributed by atoms with Crippen LogP contribution in [0.5, 0.6) is 0 Å². The van der Waals surface area contributed by atoms with Gasteiger partial charge < -0.3 is 9.13 Å². The summed E-state index contributed by atoms with van der Waals surface area (Å²) in [4.78, 5) is 5.23. The zero-order chi connectivity index (χ0) is 37.0. The van der Waals surface area contributed by atoms with Crippen molar-refractivity contribution in [3.8, 4) is 56.1 Å². The number of para-hydroxylation sites is 2. The first-order valence-electron chi connectivity index (χ1n) is 19.1. The molecule has 0 unspecified atom stereocenters. The Morgan fingerprint density at radius 2 is 0.732 bits per heavy atom. The minimum atomic E-state index is 0.939. The number of aromatic nitrogens is 3. The Morgan fingerprint density at radius 3 is 1.29 bits per heavy atom. The van der Waals surface area contributed by atoms with Crippen molar-refractivity contribution in [2.24, 2.45) is 0 Å². The van der Waals surface area contributed by atoms with Gasteiger partial charge in [-0.3, -0.25) is 0 Å². The van der Waals surface area contributed by atoms with E-state index in [2.05, 4.69) is 221 Å². The lowest BCUT2D eigenvalue weighted by Crippen LogP contribution is -1.99. The molecule has 3 aromatic heterocycles. The number of pyridine rings is 1. The third kappa shape index (κ3) is 5.25. The van der Waals surface area contributed by atoms with E-state index < -0.39 is 0 Å². The fourth-order valence-electron chi connectivity index (χ4n) is 8.55. The standard InChI is InChI=1S/C53H35N3/c1-5-17-36(18-6-1)40-31-41(37-19-7-2-8-20-37)33-42(32-40)56-49-27-15-13-25-44(49)45-29-30-51-52(53(45)56)46-26-14-16-28-50(46)55(51)43-34-47(38-21-9-3-10-22-38)54-48(35-43)39-23-11-4-12-24-39/h1-35H. The number of fused-ring (bicyclic) bond motifs is 7. The van der Waals surface area contributed by atoms with Crippen LogP contribution in [0.4, 0.5) is 0 Å². The van der Waals surface area contributed by atoms with Crippen LogP contribution in [0.1, 0.15) is 0 Å². The van der Waals surface area contributed by atoms with E-state index in [-0.39, 0.29) is 0 Å². The molecule has 0 spiro atoms. The summed E-state index contributed by atoms with van der Waals surface area (Å²) < 4.78 is 4.93. The highest BCUT2D eigenvalue weighted by Crippen LogP contribution is 2.43. The van der Waals surface area contributed by atoms with Gasteiger partial charge in [-0.2, -0.15) is 0 Å². The minimum absolute atomic E-state index is 0.939. The molecule has 0 aliphatic heterocycles. The fourth-order valence-corrected chi connectivity index (χ4v) is 8.55. The maximum absolute atomic E-state index is 5.23. The van der Waals surface area contributed by atoms with Crippen molar-refractivity contribution in [1.29, 1.82) is 0 Å². The summed E-state index contributed by atoms with van der Waals surface area (Å²) in [6.45, 7) is 0. The van der Waals surface area contributed by atoms with Crippen molar-refractivity contribution in [3.05, 3.63) is 212 Å². The quantitative estimate of drug-likeness (QED) is 0.168. The normalized spacial score (nSPS) is 11.6. The SMILES string of the molecule is c1ccc(-c2cc(-c3ccccc3)cc(-n3c4ccccc4c4ccc5c(c6ccccc6n5-c5cc(-c6ccccc6)nc(-c6ccccc6)c5)c43)c2)cc1. The second-order valence-corrected chi connectivity index (χ2v) is 14.4. The van der Waals surface area contributed by atoms with Gasteiger partial charge in [-0.05, 0) is 70.8 Å². The van der Waals surface area contributed by atoms with Crippen LogP contribution in [-0.4, -0.2) is 14.1 Å². The van der Waals surface area contributed by atoms with Gasteiger partial charge in [0.05, 0.1) is 39.1 Å². The van der Waals surface area contributed by atoms with Gasteiger partial charge in [-0.1, -0.05) is 164 Å². The minimum Gasteiger partial charge on any atom is -0.309 e. The number of hydrogen-bond donors (Lipinski definition) is 0. The lowest BCUT2D eigenvalue weighted by molar-refractivity contribution is 1.16. The first kappa shape index (κ1) is 32.0. The summed E-state index contributed by atoms with van der Waals surface area (Å²) in [5.41, 5.74) is 15.7. The van der Waals surface area contributed by atoms with Crippen LogP contribution >= 0.6 is 0 Å². The van der Waals surface area contributed by atoms with E-state index in [1.165, 1.54) is 54.8 Å². The first-order valence-corrected chi connectivity index (χ1v) is 19.1. The average molecular weight is 714 g/mol. The molecule has 0 atom stereocenters. The van der Waals surface area contributed by atoms with Crippen LogP contribution in [-0.2, 0) is 0 Å². The molecule has 0 aliphatic carbocycles. The number of rotatable bonds is 6. The maximum Gasteiger partial charge on any atom is 0.0730 e. The summed E-state index contributed by atoms with van der Waals surface area (Å²) in [5, 5.41) is 4.89. The van der Waals surface area contributed by atoms with E-state index in [0.717, 1.165) is 44.9 Å². The smallest absolute Gasteiger partial charge is 0.0730 e. The highest BCUT2D eigenvalue weighted by molar-refractivity contribution is 6.26. The number of hydrogen-bond acceptors (Lipinski definition) is 1. The molecular weight excluding hydrogens is 679 g/mol. The Kier molecular flexibility index (Phi) is 7.49. The zero-order valence-corrected chi connectivity index (χ0v) is 30.5. The zero-order valence-electron chi connectivity index (χ0n) is 30.5. The van der Waals surface area contributed by atoms with Crippen LogP contribution in [0.3, 0.4) is 0 Å². The van der Waals surface area contributed by atoms with Crippen molar-refractivity contribution in [1.82, 2.24) is 14.1 Å². The summed E-state index contributed by atoms with van der Waals surface area (Å²) >= 11 is 0. The van der Waals surface area contributed by atoms with Crippen LogP contribution in [0.2, 0.25) is 0 Å². The summed E-state index contributed by atoms with van der Waals surface area (Å²) in [6, 6.07) is 76.3. The topological polar surface area (TPSA) is 22.8 Å². The average Bonchev–Trinajstić information content (AvgIpc) is 3.80. The van der Waals surface area contributed by atoms with E-state index in [1.54, 1.807) is 0 Å². The lowest BCUT2D eigenvalue weighted by atomic mass is 9.98. The van der Waals surface area contributed by atoms with Gasteiger partial charge in [0, 0.05) is 38.4 Å². The molecule has 0 aliphatic rings. The Labute approximate surface area is 325 Å². The molecule has 3 heterocycles. The summed E-state index contributed by atoms with van der Waals surface area (Å²) in [5.74, 6) is 0. The van der Waals surface area contributed by atoms with E-state index >= 15 is 0 Å². The van der Waals surface area contributed by atoms with Crippen molar-refractivity contribution in [2.75, 3.05) is 0 Å². The molecular formula is C53H35N3. The van der Waals surface area contributed by atoms with Gasteiger partial charge in [0.15, 0.2) is 0 Å². The number of benzene rings is 8. The van der Waals surface area contributed by atoms with Gasteiger partial charge in [0.25, 0.3) is 0 Å². The van der Waals surface area contributed by atoms with Gasteiger partial charge >= 0.3 is 0 Å². The Morgan fingerprint density at radius 1 is 0.286 bits per heavy atom. The second kappa shape index (κ2) is 13.1. The van der Waals surface area contributed by atoms with Gasteiger partial charge in [0.1, 0.15) is 0 Å². The molecule has 0 bridgehead atoms. The van der Waals surface area contributed by atoms with E-state index in [1.807, 2.05) is 0 Å². The Bertz CT molecular complexity index is 3100. The molecule has 8 aromatic carbocycles. The van der Waals surface area contributed by atoms with Gasteiger partial charge in [-0.15, -0.1) is 0 Å². The van der Waals surface area contributed by atoms with Crippen molar-refractivity contribution < 1.29 is 0 Å².